The lowest BCUT2D eigenvalue weighted by molar-refractivity contribution is 0.0211. The van der Waals surface area contributed by atoms with Crippen LogP contribution in [0.2, 0.25) is 0 Å². The van der Waals surface area contributed by atoms with Crippen LogP contribution in [0.3, 0.4) is 0 Å². The molecule has 1 N–H and O–H groups in total. The first kappa shape index (κ1) is 12.7. The molecule has 1 aromatic carbocycles. The SMILES string of the molecule is CCN(CC#N)CC(C)(O)c1ccccc1. The molecule has 1 aromatic rings. The largest absolute Gasteiger partial charge is 0.384 e. The first-order chi connectivity index (χ1) is 7.60. The summed E-state index contributed by atoms with van der Waals surface area (Å²) in [5.74, 6) is 0. The molecule has 0 saturated carbocycles. The van der Waals surface area contributed by atoms with Gasteiger partial charge in [0, 0.05) is 6.54 Å². The van der Waals surface area contributed by atoms with Crippen LogP contribution >= 0.6 is 0 Å². The Kier molecular flexibility index (Phi) is 4.48. The number of aliphatic hydroxyl groups is 1. The Bertz CT molecular complexity index is 354. The number of hydrogen-bond acceptors (Lipinski definition) is 3. The van der Waals surface area contributed by atoms with Gasteiger partial charge < -0.3 is 5.11 Å². The fourth-order valence-corrected chi connectivity index (χ4v) is 1.70. The molecule has 0 saturated heterocycles. The minimum Gasteiger partial charge on any atom is -0.384 e. The maximum absolute atomic E-state index is 10.4. The Balaban J connectivity index is 2.75. The number of benzene rings is 1. The highest BCUT2D eigenvalue weighted by Crippen LogP contribution is 2.21. The summed E-state index contributed by atoms with van der Waals surface area (Å²) in [4.78, 5) is 1.92. The molecule has 0 spiro atoms. The highest BCUT2D eigenvalue weighted by molar-refractivity contribution is 5.21. The molecule has 1 atom stereocenters. The van der Waals surface area contributed by atoms with E-state index in [0.29, 0.717) is 13.1 Å². The average molecular weight is 218 g/mol. The number of nitriles is 1. The Hall–Kier alpha value is -1.37. The lowest BCUT2D eigenvalue weighted by Gasteiger charge is -2.29. The zero-order valence-electron chi connectivity index (χ0n) is 9.85. The van der Waals surface area contributed by atoms with Crippen molar-refractivity contribution in [3.8, 4) is 6.07 Å². The van der Waals surface area contributed by atoms with Crippen molar-refractivity contribution in [2.24, 2.45) is 0 Å². The van der Waals surface area contributed by atoms with Crippen LogP contribution in [0.5, 0.6) is 0 Å². The van der Waals surface area contributed by atoms with E-state index in [0.717, 1.165) is 12.1 Å². The molecule has 3 nitrogen and oxygen atoms in total. The fraction of sp³-hybridized carbons (Fsp3) is 0.462. The van der Waals surface area contributed by atoms with E-state index in [1.54, 1.807) is 6.92 Å². The predicted octanol–water partition coefficient (Wildman–Crippen LogP) is 1.74. The van der Waals surface area contributed by atoms with Crippen molar-refractivity contribution in [3.63, 3.8) is 0 Å². The third kappa shape index (κ3) is 3.34. The van der Waals surface area contributed by atoms with Gasteiger partial charge in [0.25, 0.3) is 0 Å². The van der Waals surface area contributed by atoms with Gasteiger partial charge >= 0.3 is 0 Å². The number of hydrogen-bond donors (Lipinski definition) is 1. The molecule has 0 heterocycles. The lowest BCUT2D eigenvalue weighted by Crippen LogP contribution is -2.39. The van der Waals surface area contributed by atoms with Crippen LogP contribution in [0.25, 0.3) is 0 Å². The lowest BCUT2D eigenvalue weighted by atomic mass is 9.95. The summed E-state index contributed by atoms with van der Waals surface area (Å²) in [5.41, 5.74) is -0.0277. The quantitative estimate of drug-likeness (QED) is 0.766. The number of nitrogens with zero attached hydrogens (tertiary/aromatic N) is 2. The van der Waals surface area contributed by atoms with E-state index in [-0.39, 0.29) is 0 Å². The van der Waals surface area contributed by atoms with E-state index in [1.807, 2.05) is 42.2 Å². The summed E-state index contributed by atoms with van der Waals surface area (Å²) in [6.45, 7) is 5.35. The molecule has 0 amide bonds. The first-order valence-corrected chi connectivity index (χ1v) is 5.47. The van der Waals surface area contributed by atoms with Gasteiger partial charge in [-0.3, -0.25) is 4.90 Å². The maximum Gasteiger partial charge on any atom is 0.0995 e. The van der Waals surface area contributed by atoms with Crippen molar-refractivity contribution in [1.82, 2.24) is 4.90 Å². The van der Waals surface area contributed by atoms with Crippen molar-refractivity contribution in [2.75, 3.05) is 19.6 Å². The van der Waals surface area contributed by atoms with Crippen molar-refractivity contribution < 1.29 is 5.11 Å². The van der Waals surface area contributed by atoms with Crippen LogP contribution in [0.15, 0.2) is 30.3 Å². The highest BCUT2D eigenvalue weighted by Gasteiger charge is 2.25. The van der Waals surface area contributed by atoms with Gasteiger partial charge in [-0.1, -0.05) is 37.3 Å². The second-order valence-electron chi connectivity index (χ2n) is 4.10. The van der Waals surface area contributed by atoms with Gasteiger partial charge in [-0.05, 0) is 19.0 Å². The summed E-state index contributed by atoms with van der Waals surface area (Å²) in [6, 6.07) is 11.7. The van der Waals surface area contributed by atoms with Crippen LogP contribution in [0.1, 0.15) is 19.4 Å². The minimum atomic E-state index is -0.909. The molecule has 0 radical (unpaired) electrons. The maximum atomic E-state index is 10.4. The topological polar surface area (TPSA) is 47.3 Å². The number of rotatable bonds is 5. The summed E-state index contributed by atoms with van der Waals surface area (Å²) in [7, 11) is 0. The van der Waals surface area contributed by atoms with E-state index in [1.165, 1.54) is 0 Å². The monoisotopic (exact) mass is 218 g/mol. The summed E-state index contributed by atoms with van der Waals surface area (Å²) < 4.78 is 0. The molecule has 0 aliphatic carbocycles. The van der Waals surface area contributed by atoms with E-state index in [9.17, 15) is 5.11 Å². The minimum absolute atomic E-state index is 0.347. The molecule has 0 aromatic heterocycles. The Labute approximate surface area is 96.9 Å². The van der Waals surface area contributed by atoms with Crippen LogP contribution in [0.4, 0.5) is 0 Å². The molecule has 0 bridgehead atoms. The molecule has 0 aliphatic rings. The van der Waals surface area contributed by atoms with Gasteiger partial charge in [0.05, 0.1) is 18.2 Å². The normalized spacial score (nSPS) is 14.4. The van der Waals surface area contributed by atoms with Gasteiger partial charge in [-0.2, -0.15) is 5.26 Å². The fourth-order valence-electron chi connectivity index (χ4n) is 1.70. The third-order valence-electron chi connectivity index (χ3n) is 2.67. The average Bonchev–Trinajstić information content (AvgIpc) is 2.29. The Morgan fingerprint density at radius 1 is 1.38 bits per heavy atom. The van der Waals surface area contributed by atoms with Gasteiger partial charge in [0.2, 0.25) is 0 Å². The molecule has 1 rings (SSSR count). The molecular weight excluding hydrogens is 200 g/mol. The Morgan fingerprint density at radius 3 is 2.50 bits per heavy atom. The zero-order chi connectivity index (χ0) is 12.0. The molecular formula is C13H18N2O. The van der Waals surface area contributed by atoms with E-state index in [4.69, 9.17) is 5.26 Å². The number of likely N-dealkylation sites (N-methyl/N-ethyl adjacent to an activating group) is 1. The third-order valence-corrected chi connectivity index (χ3v) is 2.67. The smallest absolute Gasteiger partial charge is 0.0995 e. The Morgan fingerprint density at radius 2 is 2.00 bits per heavy atom. The molecule has 16 heavy (non-hydrogen) atoms. The van der Waals surface area contributed by atoms with E-state index >= 15 is 0 Å². The van der Waals surface area contributed by atoms with Crippen LogP contribution in [0, 0.1) is 11.3 Å². The molecule has 3 heteroatoms. The standard InChI is InChI=1S/C13H18N2O/c1-3-15(10-9-14)11-13(2,16)12-7-5-4-6-8-12/h4-8,16H,3,10-11H2,1-2H3. The summed E-state index contributed by atoms with van der Waals surface area (Å²) in [5, 5.41) is 19.0. The second-order valence-corrected chi connectivity index (χ2v) is 4.10. The van der Waals surface area contributed by atoms with Crippen molar-refractivity contribution in [3.05, 3.63) is 35.9 Å². The van der Waals surface area contributed by atoms with Gasteiger partial charge in [-0.15, -0.1) is 0 Å². The first-order valence-electron chi connectivity index (χ1n) is 5.47. The van der Waals surface area contributed by atoms with E-state index < -0.39 is 5.60 Å². The second kappa shape index (κ2) is 5.64. The van der Waals surface area contributed by atoms with Crippen molar-refractivity contribution in [1.29, 1.82) is 5.26 Å². The van der Waals surface area contributed by atoms with Gasteiger partial charge in [-0.25, -0.2) is 0 Å². The molecule has 0 aliphatic heterocycles. The van der Waals surface area contributed by atoms with Gasteiger partial charge in [0.15, 0.2) is 0 Å². The molecule has 86 valence electrons. The molecule has 1 unspecified atom stereocenters. The van der Waals surface area contributed by atoms with E-state index in [2.05, 4.69) is 6.07 Å². The van der Waals surface area contributed by atoms with Crippen LogP contribution in [-0.4, -0.2) is 29.6 Å². The highest BCUT2D eigenvalue weighted by atomic mass is 16.3. The predicted molar refractivity (Wildman–Crippen MR) is 63.7 cm³/mol. The van der Waals surface area contributed by atoms with Crippen molar-refractivity contribution in [2.45, 2.75) is 19.4 Å². The molecule has 0 fully saturated rings. The summed E-state index contributed by atoms with van der Waals surface area (Å²) >= 11 is 0. The zero-order valence-corrected chi connectivity index (χ0v) is 9.85. The van der Waals surface area contributed by atoms with Gasteiger partial charge in [0.1, 0.15) is 0 Å². The van der Waals surface area contributed by atoms with Crippen LogP contribution in [-0.2, 0) is 5.60 Å². The van der Waals surface area contributed by atoms with Crippen molar-refractivity contribution >= 4 is 0 Å². The van der Waals surface area contributed by atoms with Crippen LogP contribution < -0.4 is 0 Å². The summed E-state index contributed by atoms with van der Waals surface area (Å²) in [6.07, 6.45) is 0.